The molecule has 4 fully saturated rings. The van der Waals surface area contributed by atoms with E-state index in [0.29, 0.717) is 29.9 Å². The zero-order chi connectivity index (χ0) is 28.4. The SMILES string of the molecule is CC(=O)O[C@H]1C[C@@]2(C)[C@@](N)(C[C@@H](O)[C@H]3[C@@]4(C)CC[C@@H](O)[C@@H](C)[C@@H]4CC[C@@]32C)/C1=C(\C=C\C=C(C)C)C(C)=O. The van der Waals surface area contributed by atoms with Gasteiger partial charge in [0.05, 0.1) is 17.7 Å². The van der Waals surface area contributed by atoms with Gasteiger partial charge in [-0.05, 0) is 93.3 Å². The highest BCUT2D eigenvalue weighted by atomic mass is 16.5. The average molecular weight is 528 g/mol. The fraction of sp³-hybridized carbons (Fsp3) is 0.750. The third kappa shape index (κ3) is 4.08. The minimum Gasteiger partial charge on any atom is -0.458 e. The number of carbonyl (C=O) groups excluding carboxylic acids is 2. The maximum atomic E-state index is 13.1. The molecule has 0 bridgehead atoms. The molecular weight excluding hydrogens is 478 g/mol. The summed E-state index contributed by atoms with van der Waals surface area (Å²) in [6.45, 7) is 15.9. The molecule has 4 N–H and O–H groups in total. The van der Waals surface area contributed by atoms with E-state index in [2.05, 4.69) is 27.7 Å². The van der Waals surface area contributed by atoms with Crippen molar-refractivity contribution < 1.29 is 24.5 Å². The van der Waals surface area contributed by atoms with E-state index in [-0.39, 0.29) is 34.6 Å². The lowest BCUT2D eigenvalue weighted by molar-refractivity contribution is -0.238. The molecule has 0 spiro atoms. The summed E-state index contributed by atoms with van der Waals surface area (Å²) < 4.78 is 5.93. The lowest BCUT2D eigenvalue weighted by Crippen LogP contribution is -2.72. The summed E-state index contributed by atoms with van der Waals surface area (Å²) in [5.41, 5.74) is 7.69. The van der Waals surface area contributed by atoms with Gasteiger partial charge in [-0.15, -0.1) is 0 Å². The Bertz CT molecular complexity index is 1090. The molecule has 0 radical (unpaired) electrons. The zero-order valence-corrected chi connectivity index (χ0v) is 24.6. The molecule has 0 aliphatic heterocycles. The van der Waals surface area contributed by atoms with E-state index in [9.17, 15) is 19.8 Å². The van der Waals surface area contributed by atoms with E-state index >= 15 is 0 Å². The molecule has 4 aliphatic rings. The minimum atomic E-state index is -1.02. The summed E-state index contributed by atoms with van der Waals surface area (Å²) in [7, 11) is 0. The molecule has 4 aliphatic carbocycles. The maximum Gasteiger partial charge on any atom is 0.303 e. The summed E-state index contributed by atoms with van der Waals surface area (Å²) in [5.74, 6) is -0.0297. The highest BCUT2D eigenvalue weighted by Gasteiger charge is 2.75. The molecule has 0 aromatic rings. The second-order valence-electron chi connectivity index (χ2n) is 13.9. The predicted octanol–water partition coefficient (Wildman–Crippen LogP) is 5.03. The van der Waals surface area contributed by atoms with Gasteiger partial charge in [0.1, 0.15) is 6.10 Å². The van der Waals surface area contributed by atoms with Crippen LogP contribution in [-0.2, 0) is 14.3 Å². The van der Waals surface area contributed by atoms with E-state index in [0.717, 1.165) is 31.3 Å². The number of fused-ring (bicyclic) bond motifs is 5. The van der Waals surface area contributed by atoms with Gasteiger partial charge < -0.3 is 20.7 Å². The van der Waals surface area contributed by atoms with Crippen LogP contribution in [0.25, 0.3) is 0 Å². The van der Waals surface area contributed by atoms with Gasteiger partial charge in [0.25, 0.3) is 0 Å². The van der Waals surface area contributed by atoms with Gasteiger partial charge in [0.15, 0.2) is 5.78 Å². The first-order valence-electron chi connectivity index (χ1n) is 14.4. The number of hydrogen-bond donors (Lipinski definition) is 3. The number of esters is 1. The highest BCUT2D eigenvalue weighted by molar-refractivity contribution is 5.98. The van der Waals surface area contributed by atoms with Crippen LogP contribution in [0.5, 0.6) is 0 Å². The van der Waals surface area contributed by atoms with Crippen LogP contribution in [-0.4, -0.2) is 45.8 Å². The van der Waals surface area contributed by atoms with Crippen molar-refractivity contribution in [2.24, 2.45) is 39.7 Å². The molecule has 0 heterocycles. The first-order valence-corrected chi connectivity index (χ1v) is 14.4. The Morgan fingerprint density at radius 3 is 2.24 bits per heavy atom. The van der Waals surface area contributed by atoms with E-state index in [4.69, 9.17) is 10.5 Å². The van der Waals surface area contributed by atoms with Crippen LogP contribution in [0.4, 0.5) is 0 Å². The highest BCUT2D eigenvalue weighted by Crippen LogP contribution is 2.75. The molecule has 38 heavy (non-hydrogen) atoms. The smallest absolute Gasteiger partial charge is 0.303 e. The third-order valence-electron chi connectivity index (χ3n) is 11.7. The number of ether oxygens (including phenoxy) is 1. The first kappa shape index (κ1) is 29.2. The minimum absolute atomic E-state index is 0.00954. The van der Waals surface area contributed by atoms with Crippen LogP contribution >= 0.6 is 0 Å². The summed E-state index contributed by atoms with van der Waals surface area (Å²) in [6.07, 6.45) is 8.25. The van der Waals surface area contributed by atoms with Crippen LogP contribution in [0, 0.1) is 34.0 Å². The Hall–Kier alpha value is -1.76. The quantitative estimate of drug-likeness (QED) is 0.269. The number of aliphatic hydroxyl groups excluding tert-OH is 2. The Labute approximate surface area is 228 Å². The Balaban J connectivity index is 1.92. The van der Waals surface area contributed by atoms with Crippen LogP contribution in [0.3, 0.4) is 0 Å². The van der Waals surface area contributed by atoms with Crippen molar-refractivity contribution in [1.29, 1.82) is 0 Å². The molecule has 212 valence electrons. The molecule has 0 aromatic carbocycles. The normalized spacial score (nSPS) is 47.6. The Morgan fingerprint density at radius 1 is 1.00 bits per heavy atom. The van der Waals surface area contributed by atoms with E-state index in [1.807, 2.05) is 26.0 Å². The van der Waals surface area contributed by atoms with Gasteiger partial charge in [-0.25, -0.2) is 0 Å². The number of nitrogens with two attached hydrogens (primary N) is 1. The van der Waals surface area contributed by atoms with Crippen LogP contribution < -0.4 is 5.73 Å². The molecule has 0 amide bonds. The topological polar surface area (TPSA) is 110 Å². The molecule has 0 aromatic heterocycles. The number of carbonyl (C=O) groups is 2. The fourth-order valence-electron chi connectivity index (χ4n) is 9.79. The van der Waals surface area contributed by atoms with Gasteiger partial charge in [0.2, 0.25) is 0 Å². The first-order chi connectivity index (χ1) is 17.5. The van der Waals surface area contributed by atoms with Crippen LogP contribution in [0.2, 0.25) is 0 Å². The van der Waals surface area contributed by atoms with E-state index in [1.54, 1.807) is 6.08 Å². The van der Waals surface area contributed by atoms with E-state index in [1.165, 1.54) is 13.8 Å². The van der Waals surface area contributed by atoms with Crippen LogP contribution in [0.1, 0.15) is 93.9 Å². The van der Waals surface area contributed by atoms with Crippen molar-refractivity contribution in [2.75, 3.05) is 0 Å². The molecule has 4 rings (SSSR count). The molecule has 6 nitrogen and oxygen atoms in total. The van der Waals surface area contributed by atoms with Gasteiger partial charge in [-0.1, -0.05) is 51.5 Å². The van der Waals surface area contributed by atoms with Gasteiger partial charge >= 0.3 is 5.97 Å². The van der Waals surface area contributed by atoms with Crippen molar-refractivity contribution in [3.8, 4) is 0 Å². The van der Waals surface area contributed by atoms with Crippen molar-refractivity contribution in [3.05, 3.63) is 34.9 Å². The summed E-state index contributed by atoms with van der Waals surface area (Å²) in [4.78, 5) is 25.4. The van der Waals surface area contributed by atoms with Crippen LogP contribution in [0.15, 0.2) is 34.9 Å². The third-order valence-corrected chi connectivity index (χ3v) is 11.7. The van der Waals surface area contributed by atoms with E-state index < -0.39 is 29.1 Å². The van der Waals surface area contributed by atoms with Gasteiger partial charge in [0, 0.05) is 18.1 Å². The monoisotopic (exact) mass is 527 g/mol. The zero-order valence-electron chi connectivity index (χ0n) is 24.6. The summed E-state index contributed by atoms with van der Waals surface area (Å²) in [5, 5.41) is 22.7. The van der Waals surface area contributed by atoms with Crippen molar-refractivity contribution in [1.82, 2.24) is 0 Å². The standard InChI is InChI=1S/C32H49NO5/c1-18(2)10-9-11-22(20(4)34)27-26(38-21(5)35)17-31(8)30(7)15-12-23-19(3)24(36)13-14-29(23,6)28(30)25(37)16-32(27,31)33/h9-11,19,23-26,28,36-37H,12-17,33H2,1-8H3/b11-9+,27-22+/t19-,23-,24+,25+,26-,28-,29-,30-,31+,32+/m0/s1. The molecule has 0 saturated heterocycles. The number of rotatable bonds is 4. The molecule has 0 unspecified atom stereocenters. The summed E-state index contributed by atoms with van der Waals surface area (Å²) >= 11 is 0. The molecule has 4 saturated carbocycles. The number of hydrogen-bond acceptors (Lipinski definition) is 6. The number of ketones is 1. The van der Waals surface area contributed by atoms with Crippen molar-refractivity contribution in [2.45, 2.75) is 118 Å². The Morgan fingerprint density at radius 2 is 1.66 bits per heavy atom. The van der Waals surface area contributed by atoms with Crippen molar-refractivity contribution >= 4 is 11.8 Å². The average Bonchev–Trinajstić information content (AvgIpc) is 3.00. The molecule has 10 atom stereocenters. The maximum absolute atomic E-state index is 13.1. The number of Topliss-reactive ketones (excluding diaryl/α,β-unsaturated/α-hetero) is 1. The molecule has 6 heteroatoms. The lowest BCUT2D eigenvalue weighted by atomic mass is 9.35. The fourth-order valence-corrected chi connectivity index (χ4v) is 9.79. The largest absolute Gasteiger partial charge is 0.458 e. The molecular formula is C32H49NO5. The summed E-state index contributed by atoms with van der Waals surface area (Å²) in [6, 6.07) is 0. The second-order valence-corrected chi connectivity index (χ2v) is 13.9. The van der Waals surface area contributed by atoms with Gasteiger partial charge in [-0.3, -0.25) is 9.59 Å². The van der Waals surface area contributed by atoms with Crippen molar-refractivity contribution in [3.63, 3.8) is 0 Å². The van der Waals surface area contributed by atoms with Gasteiger partial charge in [-0.2, -0.15) is 0 Å². The second kappa shape index (κ2) is 9.71. The number of allylic oxidation sites excluding steroid dienone is 5. The lowest BCUT2D eigenvalue weighted by Gasteiger charge is -2.70. The predicted molar refractivity (Wildman–Crippen MR) is 149 cm³/mol. The number of aliphatic hydroxyl groups is 2. The Kier molecular flexibility index (Phi) is 7.47.